The molecule has 0 heterocycles. The van der Waals surface area contributed by atoms with Gasteiger partial charge < -0.3 is 15.2 Å². The summed E-state index contributed by atoms with van der Waals surface area (Å²) >= 11 is 0. The number of methoxy groups -OCH3 is 1. The molecule has 0 aliphatic heterocycles. The van der Waals surface area contributed by atoms with Gasteiger partial charge in [-0.15, -0.1) is 0 Å². The van der Waals surface area contributed by atoms with Gasteiger partial charge in [-0.1, -0.05) is 38.7 Å². The van der Waals surface area contributed by atoms with Crippen LogP contribution in [0.4, 0.5) is 0 Å². The van der Waals surface area contributed by atoms with Gasteiger partial charge in [0.1, 0.15) is 0 Å². The van der Waals surface area contributed by atoms with E-state index in [2.05, 4.69) is 6.92 Å². The smallest absolute Gasteiger partial charge is 0.161 e. The number of hydrogen-bond donors (Lipinski definition) is 1. The zero-order valence-corrected chi connectivity index (χ0v) is 11.6. The Kier molecular flexibility index (Phi) is 7.26. The Labute approximate surface area is 110 Å². The third-order valence-electron chi connectivity index (χ3n) is 2.97. The number of hydrogen-bond acceptors (Lipinski definition) is 3. The molecule has 0 unspecified atom stereocenters. The van der Waals surface area contributed by atoms with Crippen molar-refractivity contribution in [2.24, 2.45) is 5.73 Å². The van der Waals surface area contributed by atoms with Crippen LogP contribution in [0.2, 0.25) is 0 Å². The van der Waals surface area contributed by atoms with Crippen LogP contribution >= 0.6 is 0 Å². The van der Waals surface area contributed by atoms with Gasteiger partial charge >= 0.3 is 0 Å². The van der Waals surface area contributed by atoms with E-state index in [0.717, 1.165) is 30.1 Å². The summed E-state index contributed by atoms with van der Waals surface area (Å²) in [5.41, 5.74) is 6.65. The highest BCUT2D eigenvalue weighted by Gasteiger charge is 2.04. The Bertz CT molecular complexity index is 339. The van der Waals surface area contributed by atoms with Crippen LogP contribution in [0.3, 0.4) is 0 Å². The van der Waals surface area contributed by atoms with Crippen LogP contribution in [0.15, 0.2) is 18.2 Å². The fraction of sp³-hybridized carbons (Fsp3) is 0.600. The zero-order chi connectivity index (χ0) is 13.2. The Morgan fingerprint density at radius 2 is 1.83 bits per heavy atom. The minimum absolute atomic E-state index is 0.521. The predicted octanol–water partition coefficient (Wildman–Crippen LogP) is 3.50. The van der Waals surface area contributed by atoms with Crippen molar-refractivity contribution in [1.82, 2.24) is 0 Å². The summed E-state index contributed by atoms with van der Waals surface area (Å²) in [6.45, 7) is 3.50. The number of nitrogens with two attached hydrogens (primary N) is 1. The molecule has 0 amide bonds. The van der Waals surface area contributed by atoms with Crippen LogP contribution in [0.1, 0.15) is 44.6 Å². The quantitative estimate of drug-likeness (QED) is 0.683. The van der Waals surface area contributed by atoms with E-state index in [4.69, 9.17) is 15.2 Å². The molecule has 3 heteroatoms. The maximum Gasteiger partial charge on any atom is 0.161 e. The van der Waals surface area contributed by atoms with Crippen LogP contribution in [0.5, 0.6) is 11.5 Å². The van der Waals surface area contributed by atoms with E-state index in [1.807, 2.05) is 18.2 Å². The Balaban J connectivity index is 2.37. The zero-order valence-electron chi connectivity index (χ0n) is 11.6. The predicted molar refractivity (Wildman–Crippen MR) is 75.1 cm³/mol. The van der Waals surface area contributed by atoms with Crippen molar-refractivity contribution in [3.63, 3.8) is 0 Å². The van der Waals surface area contributed by atoms with Gasteiger partial charge in [0.15, 0.2) is 11.5 Å². The summed E-state index contributed by atoms with van der Waals surface area (Å²) in [6.07, 6.45) is 6.21. The van der Waals surface area contributed by atoms with Crippen molar-refractivity contribution in [2.75, 3.05) is 13.7 Å². The second-order valence-corrected chi connectivity index (χ2v) is 4.45. The maximum absolute atomic E-state index is 5.74. The molecule has 0 saturated heterocycles. The first-order chi connectivity index (χ1) is 8.81. The first kappa shape index (κ1) is 14.8. The lowest BCUT2D eigenvalue weighted by atomic mass is 10.2. The van der Waals surface area contributed by atoms with Crippen molar-refractivity contribution >= 4 is 0 Å². The standard InChI is InChI=1S/C15H25NO2/c1-3-4-5-6-7-10-18-14-9-8-13(12-16)11-15(14)17-2/h8-9,11H,3-7,10,12,16H2,1-2H3. The molecule has 18 heavy (non-hydrogen) atoms. The van der Waals surface area contributed by atoms with Gasteiger partial charge in [0.05, 0.1) is 13.7 Å². The first-order valence-corrected chi connectivity index (χ1v) is 6.81. The van der Waals surface area contributed by atoms with Gasteiger partial charge in [-0.25, -0.2) is 0 Å². The molecule has 3 nitrogen and oxygen atoms in total. The molecule has 1 rings (SSSR count). The monoisotopic (exact) mass is 251 g/mol. The molecule has 0 spiro atoms. The summed E-state index contributed by atoms with van der Waals surface area (Å²) in [4.78, 5) is 0. The van der Waals surface area contributed by atoms with Gasteiger partial charge in [-0.05, 0) is 24.1 Å². The molecule has 0 atom stereocenters. The van der Waals surface area contributed by atoms with Crippen molar-refractivity contribution < 1.29 is 9.47 Å². The van der Waals surface area contributed by atoms with Crippen molar-refractivity contribution in [3.05, 3.63) is 23.8 Å². The number of ether oxygens (including phenoxy) is 2. The van der Waals surface area contributed by atoms with E-state index in [1.54, 1.807) is 7.11 Å². The van der Waals surface area contributed by atoms with Gasteiger partial charge in [-0.2, -0.15) is 0 Å². The van der Waals surface area contributed by atoms with Gasteiger partial charge in [-0.3, -0.25) is 0 Å². The lowest BCUT2D eigenvalue weighted by Crippen LogP contribution is -2.01. The molecule has 0 aromatic heterocycles. The Morgan fingerprint density at radius 3 is 2.50 bits per heavy atom. The second-order valence-electron chi connectivity index (χ2n) is 4.45. The fourth-order valence-corrected chi connectivity index (χ4v) is 1.85. The lowest BCUT2D eigenvalue weighted by molar-refractivity contribution is 0.284. The molecule has 0 aliphatic rings. The van der Waals surface area contributed by atoms with Crippen LogP contribution in [0, 0.1) is 0 Å². The van der Waals surface area contributed by atoms with Gasteiger partial charge in [0, 0.05) is 6.54 Å². The first-order valence-electron chi connectivity index (χ1n) is 6.81. The average molecular weight is 251 g/mol. The molecule has 0 bridgehead atoms. The Morgan fingerprint density at radius 1 is 1.06 bits per heavy atom. The SMILES string of the molecule is CCCCCCCOc1ccc(CN)cc1OC. The molecule has 102 valence electrons. The van der Waals surface area contributed by atoms with Crippen LogP contribution in [-0.4, -0.2) is 13.7 Å². The summed E-state index contributed by atoms with van der Waals surface area (Å²) in [5, 5.41) is 0. The summed E-state index contributed by atoms with van der Waals surface area (Å²) < 4.78 is 11.0. The van der Waals surface area contributed by atoms with Gasteiger partial charge in [0.25, 0.3) is 0 Å². The van der Waals surface area contributed by atoms with Crippen molar-refractivity contribution in [1.29, 1.82) is 0 Å². The lowest BCUT2D eigenvalue weighted by Gasteiger charge is -2.11. The van der Waals surface area contributed by atoms with Crippen LogP contribution in [-0.2, 0) is 6.54 Å². The molecule has 0 radical (unpaired) electrons. The highest BCUT2D eigenvalue weighted by Crippen LogP contribution is 2.28. The summed E-state index contributed by atoms with van der Waals surface area (Å²) in [6, 6.07) is 5.86. The molecule has 0 saturated carbocycles. The number of unbranched alkanes of at least 4 members (excludes halogenated alkanes) is 4. The average Bonchev–Trinajstić information content (AvgIpc) is 2.42. The minimum atomic E-state index is 0.521. The maximum atomic E-state index is 5.74. The van der Waals surface area contributed by atoms with E-state index in [0.29, 0.717) is 6.54 Å². The minimum Gasteiger partial charge on any atom is -0.493 e. The van der Waals surface area contributed by atoms with E-state index in [1.165, 1.54) is 25.7 Å². The second kappa shape index (κ2) is 8.81. The Hall–Kier alpha value is -1.22. The highest BCUT2D eigenvalue weighted by atomic mass is 16.5. The van der Waals surface area contributed by atoms with Gasteiger partial charge in [0.2, 0.25) is 0 Å². The van der Waals surface area contributed by atoms with E-state index in [-0.39, 0.29) is 0 Å². The topological polar surface area (TPSA) is 44.5 Å². The molecule has 1 aromatic carbocycles. The molecule has 0 aliphatic carbocycles. The third kappa shape index (κ3) is 4.96. The van der Waals surface area contributed by atoms with Crippen LogP contribution in [0.25, 0.3) is 0 Å². The number of rotatable bonds is 9. The molecular formula is C15H25NO2. The summed E-state index contributed by atoms with van der Waals surface area (Å²) in [7, 11) is 1.66. The van der Waals surface area contributed by atoms with Crippen molar-refractivity contribution in [2.45, 2.75) is 45.6 Å². The van der Waals surface area contributed by atoms with E-state index in [9.17, 15) is 0 Å². The third-order valence-corrected chi connectivity index (χ3v) is 2.97. The molecule has 2 N–H and O–H groups in total. The highest BCUT2D eigenvalue weighted by molar-refractivity contribution is 5.42. The van der Waals surface area contributed by atoms with Crippen LogP contribution < -0.4 is 15.2 Å². The fourth-order valence-electron chi connectivity index (χ4n) is 1.85. The largest absolute Gasteiger partial charge is 0.493 e. The van der Waals surface area contributed by atoms with Crippen molar-refractivity contribution in [3.8, 4) is 11.5 Å². The van der Waals surface area contributed by atoms with E-state index >= 15 is 0 Å². The normalized spacial score (nSPS) is 10.4. The van der Waals surface area contributed by atoms with E-state index < -0.39 is 0 Å². The number of benzene rings is 1. The molecular weight excluding hydrogens is 226 g/mol. The molecule has 1 aromatic rings. The summed E-state index contributed by atoms with van der Waals surface area (Å²) in [5.74, 6) is 1.58. The molecule has 0 fully saturated rings.